The van der Waals surface area contributed by atoms with Crippen molar-refractivity contribution in [2.24, 2.45) is 0 Å². The Morgan fingerprint density at radius 2 is 2.06 bits per heavy atom. The standard InChI is InChI=1S/C9H12F3N3O/c10-9(11,12)6-15(1-2-16)8-3-7(13)4-14-5-8/h3-5,16H,1-2,6,13H2. The molecule has 1 aromatic heterocycles. The predicted octanol–water partition coefficient (Wildman–Crippen LogP) is 1.02. The first-order chi connectivity index (χ1) is 7.42. The highest BCUT2D eigenvalue weighted by atomic mass is 19.4. The van der Waals surface area contributed by atoms with Crippen LogP contribution in [-0.4, -0.2) is 36.0 Å². The zero-order valence-corrected chi connectivity index (χ0v) is 8.41. The lowest BCUT2D eigenvalue weighted by Crippen LogP contribution is -2.36. The fraction of sp³-hybridized carbons (Fsp3) is 0.444. The molecule has 0 aliphatic rings. The summed E-state index contributed by atoms with van der Waals surface area (Å²) in [6.07, 6.45) is -1.72. The number of rotatable bonds is 4. The number of alkyl halides is 3. The van der Waals surface area contributed by atoms with Crippen molar-refractivity contribution >= 4 is 11.4 Å². The second-order valence-corrected chi connectivity index (χ2v) is 3.24. The van der Waals surface area contributed by atoms with Crippen molar-refractivity contribution in [1.82, 2.24) is 4.98 Å². The van der Waals surface area contributed by atoms with Crippen LogP contribution in [0, 0.1) is 0 Å². The maximum Gasteiger partial charge on any atom is 0.405 e. The molecule has 0 spiro atoms. The van der Waals surface area contributed by atoms with Crippen LogP contribution < -0.4 is 10.6 Å². The van der Waals surface area contributed by atoms with Gasteiger partial charge in [-0.3, -0.25) is 4.98 Å². The van der Waals surface area contributed by atoms with Crippen LogP contribution in [0.1, 0.15) is 0 Å². The molecule has 90 valence electrons. The van der Waals surface area contributed by atoms with Gasteiger partial charge >= 0.3 is 6.18 Å². The Labute approximate surface area is 90.5 Å². The molecule has 7 heteroatoms. The highest BCUT2D eigenvalue weighted by Gasteiger charge is 2.30. The van der Waals surface area contributed by atoms with E-state index in [9.17, 15) is 13.2 Å². The summed E-state index contributed by atoms with van der Waals surface area (Å²) in [4.78, 5) is 4.68. The Morgan fingerprint density at radius 3 is 2.56 bits per heavy atom. The summed E-state index contributed by atoms with van der Waals surface area (Å²) < 4.78 is 36.7. The molecule has 0 saturated carbocycles. The fourth-order valence-electron chi connectivity index (χ4n) is 1.25. The van der Waals surface area contributed by atoms with Gasteiger partial charge in [-0.05, 0) is 6.07 Å². The second-order valence-electron chi connectivity index (χ2n) is 3.24. The first kappa shape index (κ1) is 12.6. The third-order valence-corrected chi connectivity index (χ3v) is 1.85. The highest BCUT2D eigenvalue weighted by Crippen LogP contribution is 2.22. The minimum Gasteiger partial charge on any atom is -0.397 e. The van der Waals surface area contributed by atoms with Crippen molar-refractivity contribution in [1.29, 1.82) is 0 Å². The van der Waals surface area contributed by atoms with Crippen molar-refractivity contribution in [2.45, 2.75) is 6.18 Å². The van der Waals surface area contributed by atoms with Gasteiger partial charge in [0, 0.05) is 12.7 Å². The van der Waals surface area contributed by atoms with Gasteiger partial charge in [0.15, 0.2) is 0 Å². The Balaban J connectivity index is 2.85. The van der Waals surface area contributed by atoms with E-state index in [1.807, 2.05) is 0 Å². The lowest BCUT2D eigenvalue weighted by Gasteiger charge is -2.24. The molecule has 0 saturated heterocycles. The van der Waals surface area contributed by atoms with Crippen molar-refractivity contribution in [3.05, 3.63) is 18.5 Å². The Bertz CT molecular complexity index is 343. The Kier molecular flexibility index (Phi) is 3.94. The molecule has 4 nitrogen and oxygen atoms in total. The molecular weight excluding hydrogens is 223 g/mol. The summed E-state index contributed by atoms with van der Waals surface area (Å²) in [5, 5.41) is 8.70. The number of hydrogen-bond acceptors (Lipinski definition) is 4. The molecule has 0 aliphatic heterocycles. The van der Waals surface area contributed by atoms with Crippen molar-refractivity contribution in [2.75, 3.05) is 30.3 Å². The molecule has 0 amide bonds. The van der Waals surface area contributed by atoms with E-state index in [-0.39, 0.29) is 24.5 Å². The largest absolute Gasteiger partial charge is 0.405 e. The summed E-state index contributed by atoms with van der Waals surface area (Å²) in [6.45, 7) is -1.63. The average molecular weight is 235 g/mol. The molecule has 16 heavy (non-hydrogen) atoms. The van der Waals surface area contributed by atoms with Gasteiger partial charge in [0.1, 0.15) is 6.54 Å². The van der Waals surface area contributed by atoms with Crippen molar-refractivity contribution < 1.29 is 18.3 Å². The molecule has 0 unspecified atom stereocenters. The Morgan fingerprint density at radius 1 is 1.38 bits per heavy atom. The quantitative estimate of drug-likeness (QED) is 0.818. The minimum absolute atomic E-state index is 0.120. The summed E-state index contributed by atoms with van der Waals surface area (Å²) in [7, 11) is 0. The topological polar surface area (TPSA) is 62.4 Å². The maximum absolute atomic E-state index is 12.2. The number of hydrogen-bond donors (Lipinski definition) is 2. The summed E-state index contributed by atoms with van der Waals surface area (Å²) in [5.74, 6) is 0. The van der Waals surface area contributed by atoms with E-state index in [0.29, 0.717) is 0 Å². The van der Waals surface area contributed by atoms with Gasteiger partial charge in [-0.1, -0.05) is 0 Å². The summed E-state index contributed by atoms with van der Waals surface area (Å²) in [6, 6.07) is 1.38. The third kappa shape index (κ3) is 3.93. The van der Waals surface area contributed by atoms with E-state index >= 15 is 0 Å². The predicted molar refractivity (Wildman–Crippen MR) is 54.0 cm³/mol. The Hall–Kier alpha value is -1.50. The molecule has 0 radical (unpaired) electrons. The van der Waals surface area contributed by atoms with Gasteiger partial charge in [-0.15, -0.1) is 0 Å². The number of nitrogens with two attached hydrogens (primary N) is 1. The molecule has 3 N–H and O–H groups in total. The van der Waals surface area contributed by atoms with Gasteiger partial charge in [0.2, 0.25) is 0 Å². The molecular formula is C9H12F3N3O. The number of nitrogen functional groups attached to an aromatic ring is 1. The maximum atomic E-state index is 12.2. The lowest BCUT2D eigenvalue weighted by atomic mass is 10.3. The number of aromatic nitrogens is 1. The van der Waals surface area contributed by atoms with Crippen LogP contribution in [0.4, 0.5) is 24.5 Å². The van der Waals surface area contributed by atoms with E-state index < -0.39 is 12.7 Å². The van der Waals surface area contributed by atoms with Gasteiger partial charge in [0.05, 0.1) is 24.2 Å². The molecule has 1 heterocycles. The van der Waals surface area contributed by atoms with Crippen LogP contribution in [0.15, 0.2) is 18.5 Å². The highest BCUT2D eigenvalue weighted by molar-refractivity contribution is 5.53. The van der Waals surface area contributed by atoms with Crippen molar-refractivity contribution in [3.63, 3.8) is 0 Å². The monoisotopic (exact) mass is 235 g/mol. The van der Waals surface area contributed by atoms with Crippen LogP contribution in [0.2, 0.25) is 0 Å². The van der Waals surface area contributed by atoms with Gasteiger partial charge in [-0.25, -0.2) is 0 Å². The van der Waals surface area contributed by atoms with E-state index in [1.54, 1.807) is 0 Å². The smallest absolute Gasteiger partial charge is 0.397 e. The lowest BCUT2D eigenvalue weighted by molar-refractivity contribution is -0.119. The number of aliphatic hydroxyl groups is 1. The van der Waals surface area contributed by atoms with Gasteiger partial charge in [0.25, 0.3) is 0 Å². The molecule has 0 fully saturated rings. The average Bonchev–Trinajstić information content (AvgIpc) is 2.15. The van der Waals surface area contributed by atoms with Crippen molar-refractivity contribution in [3.8, 4) is 0 Å². The summed E-state index contributed by atoms with van der Waals surface area (Å²) in [5.41, 5.74) is 5.95. The third-order valence-electron chi connectivity index (χ3n) is 1.85. The second kappa shape index (κ2) is 5.02. The number of aliphatic hydroxyl groups excluding tert-OH is 1. The van der Waals surface area contributed by atoms with Crippen LogP contribution in [0.25, 0.3) is 0 Å². The number of halogens is 3. The van der Waals surface area contributed by atoms with E-state index in [4.69, 9.17) is 10.8 Å². The van der Waals surface area contributed by atoms with E-state index in [2.05, 4.69) is 4.98 Å². The minimum atomic E-state index is -4.33. The van der Waals surface area contributed by atoms with Crippen LogP contribution >= 0.6 is 0 Å². The van der Waals surface area contributed by atoms with Gasteiger partial charge in [-0.2, -0.15) is 13.2 Å². The number of nitrogens with zero attached hydrogens (tertiary/aromatic N) is 2. The van der Waals surface area contributed by atoms with Gasteiger partial charge < -0.3 is 15.7 Å². The van der Waals surface area contributed by atoms with Crippen LogP contribution in [0.3, 0.4) is 0 Å². The number of pyridine rings is 1. The molecule has 1 aromatic rings. The van der Waals surface area contributed by atoms with E-state index in [1.165, 1.54) is 18.5 Å². The first-order valence-corrected chi connectivity index (χ1v) is 4.55. The SMILES string of the molecule is Nc1cncc(N(CCO)CC(F)(F)F)c1. The molecule has 1 rings (SSSR count). The van der Waals surface area contributed by atoms with Crippen LogP contribution in [-0.2, 0) is 0 Å². The van der Waals surface area contributed by atoms with Crippen LogP contribution in [0.5, 0.6) is 0 Å². The zero-order chi connectivity index (χ0) is 12.2. The first-order valence-electron chi connectivity index (χ1n) is 4.55. The fourth-order valence-corrected chi connectivity index (χ4v) is 1.25. The molecule has 0 atom stereocenters. The van der Waals surface area contributed by atoms with E-state index in [0.717, 1.165) is 4.90 Å². The molecule has 0 aromatic carbocycles. The molecule has 0 bridgehead atoms. The number of anilines is 2. The molecule has 0 aliphatic carbocycles. The zero-order valence-electron chi connectivity index (χ0n) is 8.41. The summed E-state index contributed by atoms with van der Waals surface area (Å²) >= 11 is 0. The normalized spacial score (nSPS) is 11.5.